The van der Waals surface area contributed by atoms with Gasteiger partial charge in [0, 0.05) is 24.6 Å². The third-order valence-corrected chi connectivity index (χ3v) is 5.62. The Hall–Kier alpha value is -2.31. The van der Waals surface area contributed by atoms with Crippen molar-refractivity contribution in [2.24, 2.45) is 0 Å². The molecule has 4 heterocycles. The zero-order valence-corrected chi connectivity index (χ0v) is 16.0. The Morgan fingerprint density at radius 2 is 2.04 bits per heavy atom. The largest absolute Gasteiger partial charge is 0.485 e. The van der Waals surface area contributed by atoms with Crippen LogP contribution in [0.4, 0.5) is 5.82 Å². The Morgan fingerprint density at radius 1 is 1.19 bits per heavy atom. The zero-order chi connectivity index (χ0) is 18.4. The Morgan fingerprint density at radius 3 is 2.93 bits per heavy atom. The number of nitrogens with zero attached hydrogens (tertiary/aromatic N) is 4. The van der Waals surface area contributed by atoms with Gasteiger partial charge in [0.25, 0.3) is 0 Å². The molecule has 0 saturated carbocycles. The van der Waals surface area contributed by atoms with Crippen LogP contribution in [0.2, 0.25) is 5.02 Å². The number of benzene rings is 1. The Kier molecular flexibility index (Phi) is 4.17. The number of hydrogen-bond acceptors (Lipinski definition) is 5. The highest BCUT2D eigenvalue weighted by Crippen LogP contribution is 2.32. The number of aryl methyl sites for hydroxylation is 1. The predicted octanol–water partition coefficient (Wildman–Crippen LogP) is 2.65. The molecule has 0 bridgehead atoms. The van der Waals surface area contributed by atoms with Crippen molar-refractivity contribution < 1.29 is 4.74 Å². The molecule has 0 unspecified atom stereocenters. The summed E-state index contributed by atoms with van der Waals surface area (Å²) in [5.74, 6) is 1.93. The second-order valence-electron chi connectivity index (χ2n) is 7.29. The molecule has 7 heteroatoms. The van der Waals surface area contributed by atoms with Crippen molar-refractivity contribution in [1.29, 1.82) is 0 Å². The van der Waals surface area contributed by atoms with Gasteiger partial charge < -0.3 is 15.0 Å². The van der Waals surface area contributed by atoms with Gasteiger partial charge in [0.2, 0.25) is 0 Å². The first kappa shape index (κ1) is 16.8. The minimum Gasteiger partial charge on any atom is -0.485 e. The summed E-state index contributed by atoms with van der Waals surface area (Å²) in [5, 5.41) is 8.66. The normalized spacial score (nSPS) is 17.5. The highest BCUT2D eigenvalue weighted by Gasteiger charge is 2.33. The molecule has 0 radical (unpaired) electrons. The lowest BCUT2D eigenvalue weighted by Gasteiger charge is -2.41. The van der Waals surface area contributed by atoms with E-state index in [1.165, 1.54) is 17.1 Å². The standard InChI is InChI=1S/C20H22ClN5O/c1-13-2-3-16(21)18(10-13)27-14-11-25(12-14)20-15-4-7-22-8-5-17(15)24-19-6-9-23-26(19)20/h2-3,6,9-10,14,22H,4-5,7-8,11-12H2,1H3. The van der Waals surface area contributed by atoms with Gasteiger partial charge in [-0.25, -0.2) is 4.98 Å². The summed E-state index contributed by atoms with van der Waals surface area (Å²) in [7, 11) is 0. The van der Waals surface area contributed by atoms with Gasteiger partial charge in [-0.05, 0) is 37.6 Å². The van der Waals surface area contributed by atoms with Gasteiger partial charge in [0.05, 0.1) is 30.0 Å². The number of fused-ring (bicyclic) bond motifs is 2. The number of nitrogens with one attached hydrogen (secondary N) is 1. The predicted molar refractivity (Wildman–Crippen MR) is 106 cm³/mol. The molecule has 1 fully saturated rings. The lowest BCUT2D eigenvalue weighted by molar-refractivity contribution is 0.166. The lowest BCUT2D eigenvalue weighted by Crippen LogP contribution is -2.55. The highest BCUT2D eigenvalue weighted by molar-refractivity contribution is 6.32. The fraction of sp³-hybridized carbons (Fsp3) is 0.400. The Labute approximate surface area is 163 Å². The molecule has 0 atom stereocenters. The van der Waals surface area contributed by atoms with E-state index in [-0.39, 0.29) is 6.10 Å². The van der Waals surface area contributed by atoms with Gasteiger partial charge in [-0.3, -0.25) is 0 Å². The molecule has 2 aromatic heterocycles. The van der Waals surface area contributed by atoms with E-state index in [0.717, 1.165) is 56.0 Å². The Bertz CT molecular complexity index is 995. The first-order valence-electron chi connectivity index (χ1n) is 9.43. The molecular weight excluding hydrogens is 362 g/mol. The van der Waals surface area contributed by atoms with Crippen molar-refractivity contribution >= 4 is 23.1 Å². The molecular formula is C20H22ClN5O. The van der Waals surface area contributed by atoms with E-state index in [0.29, 0.717) is 5.02 Å². The first-order chi connectivity index (χ1) is 13.2. The molecule has 140 valence electrons. The molecule has 0 spiro atoms. The van der Waals surface area contributed by atoms with Gasteiger partial charge in [0.1, 0.15) is 17.7 Å². The molecule has 2 aliphatic rings. The molecule has 5 rings (SSSR count). The van der Waals surface area contributed by atoms with Crippen molar-refractivity contribution in [2.75, 3.05) is 31.1 Å². The van der Waals surface area contributed by atoms with Gasteiger partial charge in [-0.2, -0.15) is 9.61 Å². The number of aromatic nitrogens is 3. The topological polar surface area (TPSA) is 54.7 Å². The molecule has 6 nitrogen and oxygen atoms in total. The van der Waals surface area contributed by atoms with Crippen LogP contribution in [0.5, 0.6) is 5.75 Å². The number of hydrogen-bond donors (Lipinski definition) is 1. The third-order valence-electron chi connectivity index (χ3n) is 5.31. The van der Waals surface area contributed by atoms with E-state index >= 15 is 0 Å². The van der Waals surface area contributed by atoms with Gasteiger partial charge >= 0.3 is 0 Å². The minimum absolute atomic E-state index is 0.127. The minimum atomic E-state index is 0.127. The maximum Gasteiger partial charge on any atom is 0.157 e. The summed E-state index contributed by atoms with van der Waals surface area (Å²) in [6.07, 6.45) is 3.88. The number of anilines is 1. The van der Waals surface area contributed by atoms with E-state index < -0.39 is 0 Å². The fourth-order valence-corrected chi connectivity index (χ4v) is 4.07. The van der Waals surface area contributed by atoms with Crippen LogP contribution in [0.3, 0.4) is 0 Å². The molecule has 1 aromatic carbocycles. The lowest BCUT2D eigenvalue weighted by atomic mass is 10.1. The smallest absolute Gasteiger partial charge is 0.157 e. The SMILES string of the molecule is Cc1ccc(Cl)c(OC2CN(c3c4c(nc5ccnn35)CCNCC4)C2)c1. The quantitative estimate of drug-likeness (QED) is 0.753. The average molecular weight is 384 g/mol. The molecule has 1 saturated heterocycles. The van der Waals surface area contributed by atoms with Crippen molar-refractivity contribution in [2.45, 2.75) is 25.9 Å². The highest BCUT2D eigenvalue weighted by atomic mass is 35.5. The number of halogens is 1. The molecule has 0 aliphatic carbocycles. The van der Waals surface area contributed by atoms with Crippen molar-refractivity contribution in [1.82, 2.24) is 19.9 Å². The third kappa shape index (κ3) is 3.03. The van der Waals surface area contributed by atoms with Gasteiger partial charge in [-0.15, -0.1) is 0 Å². The molecule has 0 amide bonds. The zero-order valence-electron chi connectivity index (χ0n) is 15.3. The number of ether oxygens (including phenoxy) is 1. The van der Waals surface area contributed by atoms with Gasteiger partial charge in [-0.1, -0.05) is 17.7 Å². The van der Waals surface area contributed by atoms with Gasteiger partial charge in [0.15, 0.2) is 5.65 Å². The summed E-state index contributed by atoms with van der Waals surface area (Å²) in [6.45, 7) is 5.64. The van der Waals surface area contributed by atoms with E-state index in [9.17, 15) is 0 Å². The summed E-state index contributed by atoms with van der Waals surface area (Å²) >= 11 is 6.28. The van der Waals surface area contributed by atoms with Crippen LogP contribution in [0.15, 0.2) is 30.5 Å². The molecule has 1 N–H and O–H groups in total. The van der Waals surface area contributed by atoms with Crippen LogP contribution in [0, 0.1) is 6.92 Å². The van der Waals surface area contributed by atoms with E-state index in [1.807, 2.05) is 41.9 Å². The second kappa shape index (κ2) is 6.69. The summed E-state index contributed by atoms with van der Waals surface area (Å²) < 4.78 is 8.12. The van der Waals surface area contributed by atoms with Crippen molar-refractivity contribution in [3.8, 4) is 5.75 Å². The second-order valence-corrected chi connectivity index (χ2v) is 7.70. The Balaban J connectivity index is 1.42. The van der Waals surface area contributed by atoms with Crippen LogP contribution in [0.1, 0.15) is 16.8 Å². The molecule has 27 heavy (non-hydrogen) atoms. The van der Waals surface area contributed by atoms with E-state index in [1.54, 1.807) is 0 Å². The van der Waals surface area contributed by atoms with Crippen LogP contribution in [-0.4, -0.2) is 46.9 Å². The van der Waals surface area contributed by atoms with E-state index in [4.69, 9.17) is 21.3 Å². The van der Waals surface area contributed by atoms with Crippen LogP contribution in [0.25, 0.3) is 5.65 Å². The fourth-order valence-electron chi connectivity index (χ4n) is 3.91. The van der Waals surface area contributed by atoms with Crippen molar-refractivity contribution in [3.05, 3.63) is 52.3 Å². The molecule has 3 aromatic rings. The number of rotatable bonds is 3. The van der Waals surface area contributed by atoms with Crippen LogP contribution >= 0.6 is 11.6 Å². The van der Waals surface area contributed by atoms with E-state index in [2.05, 4.69) is 15.3 Å². The summed E-state index contributed by atoms with van der Waals surface area (Å²) in [4.78, 5) is 7.18. The van der Waals surface area contributed by atoms with Crippen LogP contribution in [-0.2, 0) is 12.8 Å². The monoisotopic (exact) mass is 383 g/mol. The average Bonchev–Trinajstić information content (AvgIpc) is 2.96. The summed E-state index contributed by atoms with van der Waals surface area (Å²) in [5.41, 5.74) is 4.56. The summed E-state index contributed by atoms with van der Waals surface area (Å²) in [6, 6.07) is 7.87. The maximum atomic E-state index is 6.28. The van der Waals surface area contributed by atoms with Crippen LogP contribution < -0.4 is 15.0 Å². The maximum absolute atomic E-state index is 6.28. The first-order valence-corrected chi connectivity index (χ1v) is 9.81. The molecule has 2 aliphatic heterocycles. The van der Waals surface area contributed by atoms with Crippen molar-refractivity contribution in [3.63, 3.8) is 0 Å².